The van der Waals surface area contributed by atoms with Crippen LogP contribution in [0.2, 0.25) is 5.02 Å². The molecule has 0 saturated heterocycles. The molecule has 30 heavy (non-hydrogen) atoms. The predicted molar refractivity (Wildman–Crippen MR) is 122 cm³/mol. The van der Waals surface area contributed by atoms with Gasteiger partial charge in [0, 0.05) is 22.6 Å². The average molecular weight is 418 g/mol. The van der Waals surface area contributed by atoms with Crippen LogP contribution in [0.5, 0.6) is 0 Å². The number of nitrogens with zero attached hydrogens (tertiary/aromatic N) is 2. The number of hydrazone groups is 1. The van der Waals surface area contributed by atoms with Gasteiger partial charge in [-0.2, -0.15) is 5.10 Å². The molecule has 2 aliphatic carbocycles. The Morgan fingerprint density at radius 1 is 1.10 bits per heavy atom. The lowest BCUT2D eigenvalue weighted by Gasteiger charge is -2.21. The molecule has 1 N–H and O–H groups in total. The van der Waals surface area contributed by atoms with Crippen LogP contribution >= 0.6 is 11.6 Å². The van der Waals surface area contributed by atoms with Crippen LogP contribution < -0.4 is 5.43 Å². The molecule has 4 nitrogen and oxygen atoms in total. The van der Waals surface area contributed by atoms with Gasteiger partial charge >= 0.3 is 0 Å². The van der Waals surface area contributed by atoms with E-state index in [0.717, 1.165) is 34.2 Å². The van der Waals surface area contributed by atoms with Gasteiger partial charge in [0.2, 0.25) is 0 Å². The molecule has 2 aliphatic rings. The van der Waals surface area contributed by atoms with E-state index in [0.29, 0.717) is 22.0 Å². The highest BCUT2D eigenvalue weighted by molar-refractivity contribution is 6.35. The van der Waals surface area contributed by atoms with Crippen LogP contribution in [0.15, 0.2) is 59.7 Å². The van der Waals surface area contributed by atoms with E-state index in [4.69, 9.17) is 16.6 Å². The fraction of sp³-hybridized carbons (Fsp3) is 0.320. The monoisotopic (exact) mass is 417 g/mol. The molecule has 2 saturated carbocycles. The first-order valence-corrected chi connectivity index (χ1v) is 11.0. The van der Waals surface area contributed by atoms with E-state index in [2.05, 4.69) is 10.5 Å². The zero-order valence-corrected chi connectivity index (χ0v) is 17.7. The Morgan fingerprint density at radius 2 is 1.93 bits per heavy atom. The minimum absolute atomic E-state index is 0.232. The van der Waals surface area contributed by atoms with Crippen molar-refractivity contribution in [2.75, 3.05) is 0 Å². The number of rotatable bonds is 4. The Hall–Kier alpha value is -2.72. The molecule has 1 amide bonds. The molecule has 1 heterocycles. The van der Waals surface area contributed by atoms with Gasteiger partial charge in [0.05, 0.1) is 21.8 Å². The Kier molecular flexibility index (Phi) is 5.03. The topological polar surface area (TPSA) is 54.4 Å². The lowest BCUT2D eigenvalue weighted by Crippen LogP contribution is -2.24. The zero-order chi connectivity index (χ0) is 20.7. The maximum absolute atomic E-state index is 13.1. The summed E-state index contributed by atoms with van der Waals surface area (Å²) in [4.78, 5) is 17.9. The number of halogens is 1. The highest BCUT2D eigenvalue weighted by atomic mass is 35.5. The average Bonchev–Trinajstić information content (AvgIpc) is 3.41. The molecule has 3 atom stereocenters. The smallest absolute Gasteiger partial charge is 0.267 e. The highest BCUT2D eigenvalue weighted by Gasteiger charge is 2.40. The van der Waals surface area contributed by atoms with Gasteiger partial charge in [-0.25, -0.2) is 10.4 Å². The van der Waals surface area contributed by atoms with Gasteiger partial charge < -0.3 is 0 Å². The third-order valence-corrected chi connectivity index (χ3v) is 7.02. The number of amides is 1. The molecular formula is C25H24ClN3O. The molecule has 3 aromatic rings. The number of benzene rings is 2. The molecule has 5 heteroatoms. The normalized spacial score (nSPS) is 23.1. The first-order valence-electron chi connectivity index (χ1n) is 10.6. The molecule has 152 valence electrons. The van der Waals surface area contributed by atoms with E-state index < -0.39 is 0 Å². The summed E-state index contributed by atoms with van der Waals surface area (Å²) in [5.41, 5.74) is 6.66. The van der Waals surface area contributed by atoms with Gasteiger partial charge in [-0.1, -0.05) is 60.5 Å². The number of para-hydroxylation sites is 1. The van der Waals surface area contributed by atoms with Crippen molar-refractivity contribution in [1.82, 2.24) is 10.4 Å². The van der Waals surface area contributed by atoms with Gasteiger partial charge in [0.25, 0.3) is 5.91 Å². The number of nitrogens with one attached hydrogen (secondary N) is 1. The van der Waals surface area contributed by atoms with Crippen LogP contribution in [0.1, 0.15) is 43.0 Å². The van der Waals surface area contributed by atoms with Crippen molar-refractivity contribution in [1.29, 1.82) is 0 Å². The summed E-state index contributed by atoms with van der Waals surface area (Å²) in [6.07, 6.45) is 5.18. The molecule has 1 aromatic heterocycles. The molecule has 2 fully saturated rings. The SMILES string of the molecule is C/C(=N/NC(=O)c1cc(-c2ccccc2)nc2c(Cl)cccc12)[C@@H]1C[C@H]2CC[C@H]1C2. The third-order valence-electron chi connectivity index (χ3n) is 6.71. The zero-order valence-electron chi connectivity index (χ0n) is 16.9. The van der Waals surface area contributed by atoms with Crippen molar-refractivity contribution >= 4 is 34.1 Å². The Balaban J connectivity index is 1.49. The molecule has 0 spiro atoms. The lowest BCUT2D eigenvalue weighted by molar-refractivity contribution is 0.0956. The van der Waals surface area contributed by atoms with Crippen LogP contribution in [-0.2, 0) is 0 Å². The molecular weight excluding hydrogens is 394 g/mol. The molecule has 5 rings (SSSR count). The first kappa shape index (κ1) is 19.3. The Bertz CT molecular complexity index is 1140. The quantitative estimate of drug-likeness (QED) is 0.412. The minimum Gasteiger partial charge on any atom is -0.267 e. The van der Waals surface area contributed by atoms with E-state index in [1.165, 1.54) is 25.7 Å². The van der Waals surface area contributed by atoms with Gasteiger partial charge in [-0.3, -0.25) is 4.79 Å². The van der Waals surface area contributed by atoms with E-state index >= 15 is 0 Å². The van der Waals surface area contributed by atoms with Crippen LogP contribution in [0.3, 0.4) is 0 Å². The number of carbonyl (C=O) groups is 1. The number of hydrogen-bond donors (Lipinski definition) is 1. The summed E-state index contributed by atoms with van der Waals surface area (Å²) < 4.78 is 0. The molecule has 0 radical (unpaired) electrons. The van der Waals surface area contributed by atoms with Crippen molar-refractivity contribution < 1.29 is 4.79 Å². The summed E-state index contributed by atoms with van der Waals surface area (Å²) in [7, 11) is 0. The fourth-order valence-corrected chi connectivity index (χ4v) is 5.41. The van der Waals surface area contributed by atoms with Crippen LogP contribution in [0.4, 0.5) is 0 Å². The molecule has 0 aliphatic heterocycles. The van der Waals surface area contributed by atoms with Crippen molar-refractivity contribution in [3.05, 3.63) is 65.2 Å². The standard InChI is InChI=1S/C25H24ClN3O/c1-15(20-13-16-10-11-18(20)12-16)28-29-25(30)21-14-23(17-6-3-2-4-7-17)27-24-19(21)8-5-9-22(24)26/h2-9,14,16,18,20H,10-13H2,1H3,(H,29,30)/b28-15-/t16-,18-,20-/m0/s1. The largest absolute Gasteiger partial charge is 0.272 e. The number of aromatic nitrogens is 1. The van der Waals surface area contributed by atoms with E-state index in [9.17, 15) is 4.79 Å². The summed E-state index contributed by atoms with van der Waals surface area (Å²) in [6.45, 7) is 2.04. The molecule has 0 unspecified atom stereocenters. The second-order valence-corrected chi connectivity index (χ2v) is 8.94. The van der Waals surface area contributed by atoms with Gasteiger partial charge in [0.1, 0.15) is 0 Å². The van der Waals surface area contributed by atoms with Crippen molar-refractivity contribution in [2.24, 2.45) is 22.9 Å². The van der Waals surface area contributed by atoms with Crippen LogP contribution in [0, 0.1) is 17.8 Å². The highest BCUT2D eigenvalue weighted by Crippen LogP contribution is 2.48. The summed E-state index contributed by atoms with van der Waals surface area (Å²) in [5.74, 6) is 1.86. The lowest BCUT2D eigenvalue weighted by atomic mass is 9.86. The number of carbonyl (C=O) groups excluding carboxylic acids is 1. The van der Waals surface area contributed by atoms with Crippen LogP contribution in [0.25, 0.3) is 22.2 Å². The van der Waals surface area contributed by atoms with Crippen molar-refractivity contribution in [2.45, 2.75) is 32.6 Å². The maximum atomic E-state index is 13.1. The van der Waals surface area contributed by atoms with E-state index in [1.54, 1.807) is 6.07 Å². The third kappa shape index (κ3) is 3.50. The second-order valence-electron chi connectivity index (χ2n) is 8.53. The van der Waals surface area contributed by atoms with Gasteiger partial charge in [-0.05, 0) is 50.2 Å². The predicted octanol–water partition coefficient (Wildman–Crippen LogP) is 6.10. The minimum atomic E-state index is -0.232. The van der Waals surface area contributed by atoms with Gasteiger partial charge in [0.15, 0.2) is 0 Å². The summed E-state index contributed by atoms with van der Waals surface area (Å²) in [6, 6.07) is 17.2. The summed E-state index contributed by atoms with van der Waals surface area (Å²) >= 11 is 6.42. The van der Waals surface area contributed by atoms with Crippen molar-refractivity contribution in [3.8, 4) is 11.3 Å². The van der Waals surface area contributed by atoms with E-state index in [1.807, 2.05) is 55.5 Å². The first-order chi connectivity index (χ1) is 14.6. The molecule has 2 aromatic carbocycles. The molecule has 2 bridgehead atoms. The van der Waals surface area contributed by atoms with Crippen LogP contribution in [-0.4, -0.2) is 16.6 Å². The number of fused-ring (bicyclic) bond motifs is 3. The van der Waals surface area contributed by atoms with E-state index in [-0.39, 0.29) is 5.91 Å². The number of hydrogen-bond acceptors (Lipinski definition) is 3. The Morgan fingerprint density at radius 3 is 2.67 bits per heavy atom. The number of pyridine rings is 1. The summed E-state index contributed by atoms with van der Waals surface area (Å²) in [5, 5.41) is 5.75. The second kappa shape index (κ2) is 7.84. The van der Waals surface area contributed by atoms with Gasteiger partial charge in [-0.15, -0.1) is 0 Å². The maximum Gasteiger partial charge on any atom is 0.272 e. The fourth-order valence-electron chi connectivity index (χ4n) is 5.20. The Labute approximate surface area is 181 Å². The van der Waals surface area contributed by atoms with Crippen molar-refractivity contribution in [3.63, 3.8) is 0 Å².